The number of hydrogen-bond acceptors (Lipinski definition) is 4. The Morgan fingerprint density at radius 1 is 1.32 bits per heavy atom. The van der Waals surface area contributed by atoms with Gasteiger partial charge in [-0.25, -0.2) is 4.98 Å². The monoisotopic (exact) mass is 315 g/mol. The zero-order valence-corrected chi connectivity index (χ0v) is 13.9. The van der Waals surface area contributed by atoms with Crippen LogP contribution in [0.4, 0.5) is 0 Å². The summed E-state index contributed by atoms with van der Waals surface area (Å²) < 4.78 is 1.73. The average Bonchev–Trinajstić information content (AvgIpc) is 2.53. The molecule has 2 rings (SSSR count). The van der Waals surface area contributed by atoms with Crippen molar-refractivity contribution in [1.29, 1.82) is 5.26 Å². The Hall–Kier alpha value is -1.80. The molecule has 2 aromatic rings. The van der Waals surface area contributed by atoms with Crippen LogP contribution in [0.15, 0.2) is 34.2 Å². The van der Waals surface area contributed by atoms with Gasteiger partial charge in [-0.1, -0.05) is 50.1 Å². The number of benzene rings is 1. The lowest BCUT2D eigenvalue weighted by Crippen LogP contribution is -2.24. The van der Waals surface area contributed by atoms with Crippen molar-refractivity contribution in [3.8, 4) is 6.07 Å². The van der Waals surface area contributed by atoms with E-state index in [2.05, 4.69) is 18.0 Å². The highest BCUT2D eigenvalue weighted by molar-refractivity contribution is 8.00. The Morgan fingerprint density at radius 3 is 2.82 bits per heavy atom. The van der Waals surface area contributed by atoms with Gasteiger partial charge in [0.25, 0.3) is 5.56 Å². The van der Waals surface area contributed by atoms with Gasteiger partial charge in [-0.3, -0.25) is 9.36 Å². The van der Waals surface area contributed by atoms with E-state index >= 15 is 0 Å². The van der Waals surface area contributed by atoms with Crippen molar-refractivity contribution in [3.63, 3.8) is 0 Å². The lowest BCUT2D eigenvalue weighted by Gasteiger charge is -2.13. The van der Waals surface area contributed by atoms with Crippen LogP contribution >= 0.6 is 11.8 Å². The van der Waals surface area contributed by atoms with Gasteiger partial charge in [0.2, 0.25) is 0 Å². The van der Waals surface area contributed by atoms with Crippen molar-refractivity contribution in [3.05, 3.63) is 34.6 Å². The summed E-state index contributed by atoms with van der Waals surface area (Å²) in [6, 6.07) is 9.59. The summed E-state index contributed by atoms with van der Waals surface area (Å²) in [5.41, 5.74) is 0.694. The number of unbranched alkanes of at least 4 members (excludes halogenated alkanes) is 3. The summed E-state index contributed by atoms with van der Waals surface area (Å²) in [6.07, 6.45) is 4.40. The van der Waals surface area contributed by atoms with Crippen molar-refractivity contribution >= 4 is 22.7 Å². The molecule has 0 aliphatic carbocycles. The molecule has 0 bridgehead atoms. The molecular formula is C17H21N3OS. The SMILES string of the molecule is CCCCCCn1c(S[C@@H](C)C#N)nc2ccccc2c1=O. The van der Waals surface area contributed by atoms with Gasteiger partial charge in [0.1, 0.15) is 0 Å². The fourth-order valence-corrected chi connectivity index (χ4v) is 3.14. The Kier molecular flexibility index (Phi) is 6.02. The van der Waals surface area contributed by atoms with E-state index in [-0.39, 0.29) is 10.8 Å². The number of hydrogen-bond donors (Lipinski definition) is 0. The zero-order valence-electron chi connectivity index (χ0n) is 13.1. The van der Waals surface area contributed by atoms with E-state index in [4.69, 9.17) is 5.26 Å². The van der Waals surface area contributed by atoms with Gasteiger partial charge in [0.05, 0.1) is 22.2 Å². The minimum atomic E-state index is -0.227. The quantitative estimate of drug-likeness (QED) is 0.440. The van der Waals surface area contributed by atoms with E-state index in [1.165, 1.54) is 18.2 Å². The molecule has 1 aromatic carbocycles. The first-order chi connectivity index (χ1) is 10.7. The molecule has 0 saturated heterocycles. The van der Waals surface area contributed by atoms with Crippen LogP contribution in [0.25, 0.3) is 10.9 Å². The molecule has 5 heteroatoms. The average molecular weight is 315 g/mol. The van der Waals surface area contributed by atoms with Crippen molar-refractivity contribution in [2.45, 2.75) is 56.5 Å². The van der Waals surface area contributed by atoms with E-state index < -0.39 is 0 Å². The maximum absolute atomic E-state index is 12.7. The molecule has 0 saturated carbocycles. The number of rotatable bonds is 7. The standard InChI is InChI=1S/C17H21N3OS/c1-3-4-5-8-11-20-16(21)14-9-6-7-10-15(14)19-17(20)22-13(2)12-18/h6-7,9-10,13H,3-5,8,11H2,1-2H3/t13-/m0/s1. The second-order valence-corrected chi connectivity index (χ2v) is 6.63. The summed E-state index contributed by atoms with van der Waals surface area (Å²) in [5.74, 6) is 0. The van der Waals surface area contributed by atoms with Crippen molar-refractivity contribution in [2.24, 2.45) is 0 Å². The first-order valence-electron chi connectivity index (χ1n) is 7.73. The predicted molar refractivity (Wildman–Crippen MR) is 91.1 cm³/mol. The molecule has 1 aromatic heterocycles. The Morgan fingerprint density at radius 2 is 2.09 bits per heavy atom. The van der Waals surface area contributed by atoms with Crippen LogP contribution in [0.3, 0.4) is 0 Å². The second kappa shape index (κ2) is 8.00. The third kappa shape index (κ3) is 3.89. The molecule has 116 valence electrons. The Bertz CT molecular complexity index is 733. The first kappa shape index (κ1) is 16.6. The number of aromatic nitrogens is 2. The van der Waals surface area contributed by atoms with E-state index in [0.29, 0.717) is 22.6 Å². The predicted octanol–water partition coefficient (Wildman–Crippen LogP) is 3.98. The largest absolute Gasteiger partial charge is 0.287 e. The van der Waals surface area contributed by atoms with Gasteiger partial charge in [0.15, 0.2) is 5.16 Å². The van der Waals surface area contributed by atoms with Crippen LogP contribution in [0.5, 0.6) is 0 Å². The molecule has 0 unspecified atom stereocenters. The maximum Gasteiger partial charge on any atom is 0.262 e. The molecule has 0 aliphatic rings. The lowest BCUT2D eigenvalue weighted by atomic mass is 10.2. The minimum absolute atomic E-state index is 0.00487. The third-order valence-electron chi connectivity index (χ3n) is 3.53. The highest BCUT2D eigenvalue weighted by Gasteiger charge is 2.13. The number of para-hydroxylation sites is 1. The number of nitriles is 1. The van der Waals surface area contributed by atoms with Crippen LogP contribution in [0.2, 0.25) is 0 Å². The highest BCUT2D eigenvalue weighted by Crippen LogP contribution is 2.22. The van der Waals surface area contributed by atoms with Gasteiger partial charge in [0, 0.05) is 6.54 Å². The summed E-state index contributed by atoms with van der Waals surface area (Å²) in [5, 5.41) is 10.1. The molecule has 1 atom stereocenters. The van der Waals surface area contributed by atoms with Crippen molar-refractivity contribution in [2.75, 3.05) is 0 Å². The smallest absolute Gasteiger partial charge is 0.262 e. The number of nitrogens with zero attached hydrogens (tertiary/aromatic N) is 3. The lowest BCUT2D eigenvalue weighted by molar-refractivity contribution is 0.531. The van der Waals surface area contributed by atoms with Crippen LogP contribution in [0.1, 0.15) is 39.5 Å². The zero-order chi connectivity index (χ0) is 15.9. The van der Waals surface area contributed by atoms with E-state index in [1.54, 1.807) is 4.57 Å². The van der Waals surface area contributed by atoms with Gasteiger partial charge >= 0.3 is 0 Å². The topological polar surface area (TPSA) is 58.7 Å². The fourth-order valence-electron chi connectivity index (χ4n) is 2.32. The summed E-state index contributed by atoms with van der Waals surface area (Å²) in [6.45, 7) is 4.66. The van der Waals surface area contributed by atoms with Gasteiger partial charge < -0.3 is 0 Å². The normalized spacial score (nSPS) is 12.2. The molecule has 1 heterocycles. The Labute approximate surface area is 135 Å². The molecule has 0 radical (unpaired) electrons. The van der Waals surface area contributed by atoms with Gasteiger partial charge in [-0.15, -0.1) is 0 Å². The molecular weight excluding hydrogens is 294 g/mol. The number of fused-ring (bicyclic) bond motifs is 1. The van der Waals surface area contributed by atoms with E-state index in [0.717, 1.165) is 19.3 Å². The van der Waals surface area contributed by atoms with Crippen LogP contribution in [-0.2, 0) is 6.54 Å². The third-order valence-corrected chi connectivity index (χ3v) is 4.51. The minimum Gasteiger partial charge on any atom is -0.287 e. The molecule has 0 aliphatic heterocycles. The molecule has 0 spiro atoms. The Balaban J connectivity index is 2.40. The highest BCUT2D eigenvalue weighted by atomic mass is 32.2. The summed E-state index contributed by atoms with van der Waals surface area (Å²) >= 11 is 1.35. The number of thioether (sulfide) groups is 1. The molecule has 0 N–H and O–H groups in total. The second-order valence-electron chi connectivity index (χ2n) is 5.32. The van der Waals surface area contributed by atoms with E-state index in [1.807, 2.05) is 31.2 Å². The molecule has 4 nitrogen and oxygen atoms in total. The molecule has 0 amide bonds. The van der Waals surface area contributed by atoms with Crippen LogP contribution in [0, 0.1) is 11.3 Å². The fraction of sp³-hybridized carbons (Fsp3) is 0.471. The van der Waals surface area contributed by atoms with Crippen molar-refractivity contribution in [1.82, 2.24) is 9.55 Å². The molecule has 22 heavy (non-hydrogen) atoms. The first-order valence-corrected chi connectivity index (χ1v) is 8.61. The summed E-state index contributed by atoms with van der Waals surface area (Å²) in [4.78, 5) is 17.3. The van der Waals surface area contributed by atoms with E-state index in [9.17, 15) is 4.79 Å². The summed E-state index contributed by atoms with van der Waals surface area (Å²) in [7, 11) is 0. The molecule has 0 fully saturated rings. The maximum atomic E-state index is 12.7. The van der Waals surface area contributed by atoms with Gasteiger partial charge in [-0.05, 0) is 25.5 Å². The van der Waals surface area contributed by atoms with Crippen LogP contribution < -0.4 is 5.56 Å². The van der Waals surface area contributed by atoms with Gasteiger partial charge in [-0.2, -0.15) is 5.26 Å². The van der Waals surface area contributed by atoms with Crippen LogP contribution in [-0.4, -0.2) is 14.8 Å². The van der Waals surface area contributed by atoms with Crippen molar-refractivity contribution < 1.29 is 0 Å².